The van der Waals surface area contributed by atoms with Gasteiger partial charge in [0.1, 0.15) is 5.66 Å². The van der Waals surface area contributed by atoms with Gasteiger partial charge in [0.15, 0.2) is 0 Å². The molecule has 0 radical (unpaired) electrons. The summed E-state index contributed by atoms with van der Waals surface area (Å²) in [5.74, 6) is 0.344. The third-order valence-corrected chi connectivity index (χ3v) is 3.57. The molecule has 78 valence electrons. The van der Waals surface area contributed by atoms with Crippen LogP contribution in [0.2, 0.25) is 0 Å². The lowest BCUT2D eigenvalue weighted by Gasteiger charge is -2.53. The van der Waals surface area contributed by atoms with Crippen LogP contribution < -0.4 is 0 Å². The van der Waals surface area contributed by atoms with Gasteiger partial charge in [-0.15, -0.1) is 0 Å². The maximum absolute atomic E-state index is 11.7. The zero-order valence-electron chi connectivity index (χ0n) is 8.75. The first-order chi connectivity index (χ1) is 6.55. The third-order valence-electron chi connectivity index (χ3n) is 3.57. The summed E-state index contributed by atoms with van der Waals surface area (Å²) in [6, 6.07) is 0. The molecule has 4 nitrogen and oxygen atoms in total. The molecule has 1 atom stereocenters. The Balaban J connectivity index is 2.31. The van der Waals surface area contributed by atoms with Gasteiger partial charge < -0.3 is 9.80 Å². The van der Waals surface area contributed by atoms with E-state index >= 15 is 0 Å². The van der Waals surface area contributed by atoms with Crippen molar-refractivity contribution < 1.29 is 9.59 Å². The molecule has 0 N–H and O–H groups in total. The summed E-state index contributed by atoms with van der Waals surface area (Å²) in [4.78, 5) is 26.8. The number of hydrogen-bond donors (Lipinski definition) is 0. The summed E-state index contributed by atoms with van der Waals surface area (Å²) >= 11 is 0. The number of hydrogen-bond acceptors (Lipinski definition) is 2. The van der Waals surface area contributed by atoms with Crippen LogP contribution in [0.25, 0.3) is 0 Å². The third kappa shape index (κ3) is 1.13. The van der Waals surface area contributed by atoms with Crippen molar-refractivity contribution >= 4 is 11.8 Å². The average molecular weight is 196 g/mol. The van der Waals surface area contributed by atoms with Crippen molar-refractivity contribution in [3.63, 3.8) is 0 Å². The lowest BCUT2D eigenvalue weighted by Crippen LogP contribution is -2.66. The quantitative estimate of drug-likeness (QED) is 0.568. The fourth-order valence-electron chi connectivity index (χ4n) is 2.47. The highest BCUT2D eigenvalue weighted by atomic mass is 16.2. The van der Waals surface area contributed by atoms with Crippen molar-refractivity contribution in [2.45, 2.75) is 38.3 Å². The van der Waals surface area contributed by atoms with Gasteiger partial charge in [0, 0.05) is 26.4 Å². The van der Waals surface area contributed by atoms with E-state index < -0.39 is 0 Å². The van der Waals surface area contributed by atoms with Crippen molar-refractivity contribution in [3.8, 4) is 0 Å². The molecule has 2 aliphatic rings. The van der Waals surface area contributed by atoms with E-state index in [0.29, 0.717) is 19.4 Å². The monoisotopic (exact) mass is 196 g/mol. The highest BCUT2D eigenvalue weighted by Gasteiger charge is 2.46. The molecular formula is C10H16N2O2. The Morgan fingerprint density at radius 2 is 1.93 bits per heavy atom. The van der Waals surface area contributed by atoms with E-state index in [2.05, 4.69) is 0 Å². The molecule has 0 spiro atoms. The van der Waals surface area contributed by atoms with Crippen molar-refractivity contribution in [1.82, 2.24) is 9.80 Å². The van der Waals surface area contributed by atoms with Crippen LogP contribution >= 0.6 is 0 Å². The normalized spacial score (nSPS) is 33.3. The van der Waals surface area contributed by atoms with E-state index in [1.807, 2.05) is 11.8 Å². The van der Waals surface area contributed by atoms with Gasteiger partial charge in [0.2, 0.25) is 11.8 Å². The standard InChI is InChI=1S/C10H16N2O2/c1-10-6-3-4-9(14)12(10)7-5-8(13)11(10)2/h3-7H2,1-2H3. The topological polar surface area (TPSA) is 40.6 Å². The van der Waals surface area contributed by atoms with Gasteiger partial charge in [0.05, 0.1) is 0 Å². The molecule has 2 rings (SSSR count). The largest absolute Gasteiger partial charge is 0.323 e. The Labute approximate surface area is 83.9 Å². The molecule has 0 bridgehead atoms. The number of fused-ring (bicyclic) bond motifs is 1. The number of carbonyl (C=O) groups excluding carboxylic acids is 2. The van der Waals surface area contributed by atoms with Crippen LogP contribution in [0.15, 0.2) is 0 Å². The Kier molecular flexibility index (Phi) is 2.01. The van der Waals surface area contributed by atoms with E-state index in [1.165, 1.54) is 0 Å². The summed E-state index contributed by atoms with van der Waals surface area (Å²) in [5, 5.41) is 0. The average Bonchev–Trinajstić information content (AvgIpc) is 2.14. The van der Waals surface area contributed by atoms with Crippen LogP contribution in [0.4, 0.5) is 0 Å². The highest BCUT2D eigenvalue weighted by Crippen LogP contribution is 2.34. The van der Waals surface area contributed by atoms with Crippen LogP contribution in [0, 0.1) is 0 Å². The lowest BCUT2D eigenvalue weighted by molar-refractivity contribution is -0.169. The van der Waals surface area contributed by atoms with Crippen molar-refractivity contribution in [2.24, 2.45) is 0 Å². The molecule has 0 aromatic heterocycles. The molecule has 1 unspecified atom stereocenters. The molecule has 2 saturated heterocycles. The van der Waals surface area contributed by atoms with E-state index in [9.17, 15) is 9.59 Å². The summed E-state index contributed by atoms with van der Waals surface area (Å²) in [6.45, 7) is 2.58. The molecule has 14 heavy (non-hydrogen) atoms. The van der Waals surface area contributed by atoms with Gasteiger partial charge in [-0.25, -0.2) is 0 Å². The first-order valence-corrected chi connectivity index (χ1v) is 5.13. The Morgan fingerprint density at radius 1 is 1.21 bits per heavy atom. The van der Waals surface area contributed by atoms with Crippen molar-refractivity contribution in [1.29, 1.82) is 0 Å². The number of nitrogens with zero attached hydrogens (tertiary/aromatic N) is 2. The zero-order valence-corrected chi connectivity index (χ0v) is 8.75. The van der Waals surface area contributed by atoms with E-state index in [1.54, 1.807) is 11.9 Å². The predicted octanol–water partition coefficient (Wildman–Crippen LogP) is 0.577. The molecule has 0 aromatic rings. The smallest absolute Gasteiger partial charge is 0.225 e. The minimum atomic E-state index is -0.356. The number of piperidine rings is 1. The van der Waals surface area contributed by atoms with Crippen LogP contribution in [0.5, 0.6) is 0 Å². The molecule has 2 fully saturated rings. The summed E-state index contributed by atoms with van der Waals surface area (Å²) in [6.07, 6.45) is 2.90. The second-order valence-electron chi connectivity index (χ2n) is 4.32. The van der Waals surface area contributed by atoms with Gasteiger partial charge in [0.25, 0.3) is 0 Å². The second-order valence-corrected chi connectivity index (χ2v) is 4.32. The molecular weight excluding hydrogens is 180 g/mol. The Hall–Kier alpha value is -1.06. The number of amides is 2. The summed E-state index contributed by atoms with van der Waals surface area (Å²) in [7, 11) is 1.80. The molecule has 2 amide bonds. The number of rotatable bonds is 0. The first-order valence-electron chi connectivity index (χ1n) is 5.13. The van der Waals surface area contributed by atoms with E-state index in [0.717, 1.165) is 12.8 Å². The summed E-state index contributed by atoms with van der Waals surface area (Å²) < 4.78 is 0. The van der Waals surface area contributed by atoms with Crippen LogP contribution in [-0.2, 0) is 9.59 Å². The molecule has 4 heteroatoms. The Morgan fingerprint density at radius 3 is 2.64 bits per heavy atom. The van der Waals surface area contributed by atoms with E-state index in [-0.39, 0.29) is 17.5 Å². The minimum absolute atomic E-state index is 0.151. The van der Waals surface area contributed by atoms with E-state index in [4.69, 9.17) is 0 Å². The highest BCUT2D eigenvalue weighted by molar-refractivity contribution is 5.83. The molecule has 2 heterocycles. The second kappa shape index (κ2) is 2.97. The zero-order chi connectivity index (χ0) is 10.3. The van der Waals surface area contributed by atoms with Gasteiger partial charge in [-0.3, -0.25) is 9.59 Å². The summed E-state index contributed by atoms with van der Waals surface area (Å²) in [5.41, 5.74) is -0.356. The SMILES string of the molecule is CN1C(=O)CCN2C(=O)CCCC12C. The van der Waals surface area contributed by atoms with Crippen molar-refractivity contribution in [3.05, 3.63) is 0 Å². The molecule has 0 saturated carbocycles. The van der Waals surface area contributed by atoms with Gasteiger partial charge in [-0.2, -0.15) is 0 Å². The fourth-order valence-corrected chi connectivity index (χ4v) is 2.47. The fraction of sp³-hybridized carbons (Fsp3) is 0.800. The maximum Gasteiger partial charge on any atom is 0.225 e. The minimum Gasteiger partial charge on any atom is -0.323 e. The van der Waals surface area contributed by atoms with Crippen LogP contribution in [-0.4, -0.2) is 40.9 Å². The van der Waals surface area contributed by atoms with Gasteiger partial charge in [-0.05, 0) is 19.8 Å². The van der Waals surface area contributed by atoms with Gasteiger partial charge >= 0.3 is 0 Å². The Bertz CT molecular complexity index is 290. The molecule has 0 aromatic carbocycles. The number of carbonyl (C=O) groups is 2. The lowest BCUT2D eigenvalue weighted by atomic mass is 9.92. The van der Waals surface area contributed by atoms with Crippen molar-refractivity contribution in [2.75, 3.05) is 13.6 Å². The van der Waals surface area contributed by atoms with Crippen LogP contribution in [0.1, 0.15) is 32.6 Å². The maximum atomic E-state index is 11.7. The predicted molar refractivity (Wildman–Crippen MR) is 51.4 cm³/mol. The molecule has 2 aliphatic heterocycles. The van der Waals surface area contributed by atoms with Gasteiger partial charge in [-0.1, -0.05) is 0 Å². The van der Waals surface area contributed by atoms with Crippen LogP contribution in [0.3, 0.4) is 0 Å². The first kappa shape index (κ1) is 9.49. The molecule has 0 aliphatic carbocycles.